The Labute approximate surface area is 158 Å². The summed E-state index contributed by atoms with van der Waals surface area (Å²) in [5.41, 5.74) is 2.31. The van der Waals surface area contributed by atoms with E-state index in [1.165, 1.54) is 4.90 Å². The van der Waals surface area contributed by atoms with E-state index < -0.39 is 0 Å². The highest BCUT2D eigenvalue weighted by atomic mass is 16.2. The van der Waals surface area contributed by atoms with Crippen molar-refractivity contribution in [2.24, 2.45) is 0 Å². The van der Waals surface area contributed by atoms with Crippen LogP contribution in [0.3, 0.4) is 0 Å². The summed E-state index contributed by atoms with van der Waals surface area (Å²) in [5.74, 6) is 0.364. The van der Waals surface area contributed by atoms with E-state index in [0.29, 0.717) is 12.1 Å². The highest BCUT2D eigenvalue weighted by molar-refractivity contribution is 6.01. The van der Waals surface area contributed by atoms with Crippen LogP contribution < -0.4 is 10.2 Å². The van der Waals surface area contributed by atoms with Gasteiger partial charge in [-0.15, -0.1) is 0 Å². The summed E-state index contributed by atoms with van der Waals surface area (Å²) in [5, 5.41) is 2.88. The number of rotatable bonds is 6. The molecule has 0 spiro atoms. The molecule has 2 aromatic rings. The summed E-state index contributed by atoms with van der Waals surface area (Å²) in [6.45, 7) is 0.657. The average molecular weight is 366 g/mol. The van der Waals surface area contributed by atoms with Crippen LogP contribution in [0.4, 0.5) is 5.82 Å². The maximum absolute atomic E-state index is 12.3. The number of anilines is 1. The molecule has 1 aliphatic heterocycles. The fourth-order valence-electron chi connectivity index (χ4n) is 2.84. The van der Waals surface area contributed by atoms with Gasteiger partial charge in [-0.05, 0) is 35.4 Å². The molecule has 0 aliphatic carbocycles. The Balaban J connectivity index is 1.58. The third-order valence-electron chi connectivity index (χ3n) is 4.43. The van der Waals surface area contributed by atoms with Crippen LogP contribution in [0.15, 0.2) is 42.6 Å². The zero-order valence-electron chi connectivity index (χ0n) is 15.4. The zero-order valence-corrected chi connectivity index (χ0v) is 15.4. The Hall–Kier alpha value is -3.22. The van der Waals surface area contributed by atoms with Crippen LogP contribution in [0.2, 0.25) is 0 Å². The average Bonchev–Trinajstić information content (AvgIpc) is 2.99. The summed E-state index contributed by atoms with van der Waals surface area (Å²) < 4.78 is 0. The van der Waals surface area contributed by atoms with Gasteiger partial charge in [-0.25, -0.2) is 4.98 Å². The third kappa shape index (κ3) is 4.49. The minimum absolute atomic E-state index is 0.142. The molecule has 1 aromatic heterocycles. The quantitative estimate of drug-likeness (QED) is 0.788. The lowest BCUT2D eigenvalue weighted by molar-refractivity contribution is -0.139. The molecule has 3 rings (SSSR count). The Morgan fingerprint density at radius 3 is 2.37 bits per heavy atom. The Morgan fingerprint density at radius 2 is 1.74 bits per heavy atom. The molecule has 1 fully saturated rings. The lowest BCUT2D eigenvalue weighted by Gasteiger charge is -2.14. The van der Waals surface area contributed by atoms with Gasteiger partial charge in [0, 0.05) is 45.2 Å². The molecule has 1 aromatic carbocycles. The largest absolute Gasteiger partial charge is 0.363 e. The number of aromatic nitrogens is 1. The minimum Gasteiger partial charge on any atom is -0.363 e. The fraction of sp³-hybridized carbons (Fsp3) is 0.300. The molecular formula is C20H22N4O3. The van der Waals surface area contributed by atoms with Crippen molar-refractivity contribution in [1.29, 1.82) is 0 Å². The molecule has 7 nitrogen and oxygen atoms in total. The van der Waals surface area contributed by atoms with Gasteiger partial charge in [0.1, 0.15) is 5.82 Å². The van der Waals surface area contributed by atoms with Crippen LogP contribution in [0.5, 0.6) is 0 Å². The first kappa shape index (κ1) is 18.6. The normalized spacial score (nSPS) is 13.8. The van der Waals surface area contributed by atoms with E-state index in [4.69, 9.17) is 0 Å². The summed E-state index contributed by atoms with van der Waals surface area (Å²) in [6, 6.07) is 10.7. The number of hydrogen-bond acceptors (Lipinski definition) is 5. The van der Waals surface area contributed by atoms with Gasteiger partial charge in [-0.1, -0.05) is 12.1 Å². The van der Waals surface area contributed by atoms with Gasteiger partial charge < -0.3 is 10.2 Å². The SMILES string of the molecule is CN(C)c1cc(CNC(=O)c2ccc(CN3C(=O)CCC3=O)cc2)ccn1. The van der Waals surface area contributed by atoms with Crippen molar-refractivity contribution < 1.29 is 14.4 Å². The molecule has 3 amide bonds. The molecule has 0 bridgehead atoms. The first-order valence-corrected chi connectivity index (χ1v) is 8.76. The smallest absolute Gasteiger partial charge is 0.251 e. The van der Waals surface area contributed by atoms with E-state index in [1.807, 2.05) is 31.1 Å². The van der Waals surface area contributed by atoms with Crippen molar-refractivity contribution in [3.05, 3.63) is 59.3 Å². The molecule has 0 atom stereocenters. The van der Waals surface area contributed by atoms with Crippen LogP contribution in [-0.4, -0.2) is 41.7 Å². The number of likely N-dealkylation sites (tertiary alicyclic amines) is 1. The predicted octanol–water partition coefficient (Wildman–Crippen LogP) is 1.73. The second kappa shape index (κ2) is 7.99. The van der Waals surface area contributed by atoms with E-state index in [2.05, 4.69) is 10.3 Å². The van der Waals surface area contributed by atoms with E-state index in [9.17, 15) is 14.4 Å². The Morgan fingerprint density at radius 1 is 1.07 bits per heavy atom. The number of benzene rings is 1. The standard InChI is InChI=1S/C20H22N4O3/c1-23(2)17-11-15(9-10-21-17)12-22-20(27)16-5-3-14(4-6-16)13-24-18(25)7-8-19(24)26/h3-6,9-11H,7-8,12-13H2,1-2H3,(H,22,27). The Kier molecular flexibility index (Phi) is 5.49. The van der Waals surface area contributed by atoms with E-state index >= 15 is 0 Å². The third-order valence-corrected chi connectivity index (χ3v) is 4.43. The molecule has 1 N–H and O–H groups in total. The molecule has 7 heteroatoms. The minimum atomic E-state index is -0.182. The number of hydrogen-bond donors (Lipinski definition) is 1. The van der Waals surface area contributed by atoms with Crippen LogP contribution in [0, 0.1) is 0 Å². The van der Waals surface area contributed by atoms with Crippen LogP contribution in [-0.2, 0) is 22.7 Å². The van der Waals surface area contributed by atoms with Crippen molar-refractivity contribution in [2.75, 3.05) is 19.0 Å². The number of carbonyl (C=O) groups is 3. The van der Waals surface area contributed by atoms with Crippen LogP contribution in [0.25, 0.3) is 0 Å². The molecule has 0 radical (unpaired) electrons. The van der Waals surface area contributed by atoms with Crippen LogP contribution in [0.1, 0.15) is 34.3 Å². The molecule has 0 saturated carbocycles. The second-order valence-electron chi connectivity index (χ2n) is 6.67. The summed E-state index contributed by atoms with van der Waals surface area (Å²) in [7, 11) is 3.82. The van der Waals surface area contributed by atoms with E-state index in [0.717, 1.165) is 16.9 Å². The van der Waals surface area contributed by atoms with Crippen LogP contribution >= 0.6 is 0 Å². The maximum Gasteiger partial charge on any atom is 0.251 e. The van der Waals surface area contributed by atoms with E-state index in [1.54, 1.807) is 30.5 Å². The molecule has 1 saturated heterocycles. The summed E-state index contributed by atoms with van der Waals surface area (Å²) >= 11 is 0. The molecule has 140 valence electrons. The highest BCUT2D eigenvalue weighted by Crippen LogP contribution is 2.16. The number of nitrogens with one attached hydrogen (secondary N) is 1. The summed E-state index contributed by atoms with van der Waals surface area (Å²) in [6.07, 6.45) is 2.28. The van der Waals surface area contributed by atoms with Crippen molar-refractivity contribution in [2.45, 2.75) is 25.9 Å². The first-order valence-electron chi connectivity index (χ1n) is 8.76. The van der Waals surface area contributed by atoms with Crippen molar-refractivity contribution in [3.8, 4) is 0 Å². The molecule has 27 heavy (non-hydrogen) atoms. The zero-order chi connectivity index (χ0) is 19.4. The first-order chi connectivity index (χ1) is 12.9. The van der Waals surface area contributed by atoms with Crippen molar-refractivity contribution in [1.82, 2.24) is 15.2 Å². The monoisotopic (exact) mass is 366 g/mol. The van der Waals surface area contributed by atoms with Gasteiger partial charge in [0.2, 0.25) is 11.8 Å². The summed E-state index contributed by atoms with van der Waals surface area (Å²) in [4.78, 5) is 43.1. The molecule has 2 heterocycles. The van der Waals surface area contributed by atoms with E-state index in [-0.39, 0.29) is 37.1 Å². The molecule has 0 unspecified atom stereocenters. The van der Waals surface area contributed by atoms with Gasteiger partial charge in [0.15, 0.2) is 0 Å². The highest BCUT2D eigenvalue weighted by Gasteiger charge is 2.28. The topological polar surface area (TPSA) is 82.6 Å². The fourth-order valence-corrected chi connectivity index (χ4v) is 2.84. The molecular weight excluding hydrogens is 344 g/mol. The number of carbonyl (C=O) groups excluding carboxylic acids is 3. The second-order valence-corrected chi connectivity index (χ2v) is 6.67. The van der Waals surface area contributed by atoms with Crippen molar-refractivity contribution >= 4 is 23.5 Å². The number of pyridine rings is 1. The number of nitrogens with zero attached hydrogens (tertiary/aromatic N) is 3. The Bertz CT molecular complexity index is 846. The number of imide groups is 1. The van der Waals surface area contributed by atoms with Gasteiger partial charge in [0.05, 0.1) is 6.54 Å². The van der Waals surface area contributed by atoms with Crippen molar-refractivity contribution in [3.63, 3.8) is 0 Å². The van der Waals surface area contributed by atoms with Gasteiger partial charge >= 0.3 is 0 Å². The maximum atomic E-state index is 12.3. The predicted molar refractivity (Wildman–Crippen MR) is 101 cm³/mol. The van der Waals surface area contributed by atoms with Gasteiger partial charge in [0.25, 0.3) is 5.91 Å². The number of amides is 3. The molecule has 1 aliphatic rings. The van der Waals surface area contributed by atoms with Gasteiger partial charge in [-0.3, -0.25) is 19.3 Å². The lowest BCUT2D eigenvalue weighted by Crippen LogP contribution is -2.28. The van der Waals surface area contributed by atoms with Gasteiger partial charge in [-0.2, -0.15) is 0 Å². The lowest BCUT2D eigenvalue weighted by atomic mass is 10.1.